The molecule has 0 radical (unpaired) electrons. The van der Waals surface area contributed by atoms with Crippen LogP contribution in [-0.4, -0.2) is 44.1 Å². The van der Waals surface area contributed by atoms with E-state index >= 15 is 0 Å². The zero-order valence-electron chi connectivity index (χ0n) is 19.8. The van der Waals surface area contributed by atoms with Gasteiger partial charge in [-0.05, 0) is 80.6 Å². The van der Waals surface area contributed by atoms with Crippen molar-refractivity contribution in [3.05, 3.63) is 59.0 Å². The number of halogens is 1. The molecule has 1 aliphatic carbocycles. The van der Waals surface area contributed by atoms with Gasteiger partial charge in [0.25, 0.3) is 0 Å². The number of nitrogens with zero attached hydrogens (tertiary/aromatic N) is 5. The van der Waals surface area contributed by atoms with Crippen molar-refractivity contribution in [3.8, 4) is 10.6 Å². The van der Waals surface area contributed by atoms with E-state index in [2.05, 4.69) is 60.9 Å². The normalized spacial score (nSPS) is 21.7. The van der Waals surface area contributed by atoms with Gasteiger partial charge in [0.2, 0.25) is 5.28 Å². The summed E-state index contributed by atoms with van der Waals surface area (Å²) in [6.45, 7) is 3.61. The van der Waals surface area contributed by atoms with Crippen LogP contribution in [0.15, 0.2) is 48.1 Å². The molecular formula is C27H31ClN6S. The summed E-state index contributed by atoms with van der Waals surface area (Å²) in [6.07, 6.45) is 11.4. The molecule has 4 aromatic rings. The van der Waals surface area contributed by atoms with E-state index in [1.54, 1.807) is 11.3 Å². The van der Waals surface area contributed by atoms with Gasteiger partial charge >= 0.3 is 0 Å². The lowest BCUT2D eigenvalue weighted by Gasteiger charge is -2.35. The van der Waals surface area contributed by atoms with Crippen LogP contribution in [0.2, 0.25) is 5.28 Å². The highest BCUT2D eigenvalue weighted by molar-refractivity contribution is 7.13. The number of hydrogen-bond donors (Lipinski definition) is 1. The maximum absolute atomic E-state index is 6.32. The number of rotatable bonds is 6. The number of benzene rings is 1. The second kappa shape index (κ2) is 9.88. The van der Waals surface area contributed by atoms with E-state index in [1.165, 1.54) is 57.3 Å². The fourth-order valence-electron chi connectivity index (χ4n) is 6.20. The molecule has 1 aromatic carbocycles. The predicted molar refractivity (Wildman–Crippen MR) is 144 cm³/mol. The summed E-state index contributed by atoms with van der Waals surface area (Å²) in [4.78, 5) is 16.0. The van der Waals surface area contributed by atoms with E-state index in [9.17, 15) is 0 Å². The van der Waals surface area contributed by atoms with Gasteiger partial charge in [0.15, 0.2) is 0 Å². The first kappa shape index (κ1) is 23.0. The number of hydrogen-bond acceptors (Lipinski definition) is 6. The Labute approximate surface area is 215 Å². The second-order valence-corrected chi connectivity index (χ2v) is 11.2. The summed E-state index contributed by atoms with van der Waals surface area (Å²) in [6, 6.07) is 11.3. The third-order valence-corrected chi connectivity index (χ3v) is 9.01. The molecule has 1 saturated heterocycles. The lowest BCUT2D eigenvalue weighted by molar-refractivity contribution is 0.148. The Bertz CT molecular complexity index is 1280. The van der Waals surface area contributed by atoms with Crippen molar-refractivity contribution in [2.45, 2.75) is 44.6 Å². The molecule has 2 fully saturated rings. The quantitative estimate of drug-likeness (QED) is 0.320. The van der Waals surface area contributed by atoms with Gasteiger partial charge in [-0.1, -0.05) is 30.3 Å². The molecule has 0 spiro atoms. The summed E-state index contributed by atoms with van der Waals surface area (Å²) in [5, 5.41) is 4.02. The highest BCUT2D eigenvalue weighted by atomic mass is 35.5. The molecule has 1 saturated carbocycles. The lowest BCUT2D eigenvalue weighted by atomic mass is 9.83. The number of nitrogen functional groups attached to an aromatic ring is 1. The average molecular weight is 507 g/mol. The Balaban J connectivity index is 1.14. The molecule has 6 rings (SSSR count). The van der Waals surface area contributed by atoms with Gasteiger partial charge in [-0.25, -0.2) is 9.97 Å². The minimum atomic E-state index is 0.206. The van der Waals surface area contributed by atoms with Crippen LogP contribution in [0.3, 0.4) is 0 Å². The van der Waals surface area contributed by atoms with Crippen LogP contribution in [0, 0.1) is 11.8 Å². The maximum atomic E-state index is 6.32. The van der Waals surface area contributed by atoms with E-state index in [0.29, 0.717) is 11.9 Å². The predicted octanol–water partition coefficient (Wildman–Crippen LogP) is 6.09. The monoisotopic (exact) mass is 506 g/mol. The smallest absolute Gasteiger partial charge is 0.226 e. The third kappa shape index (κ3) is 4.69. The second-order valence-electron chi connectivity index (χ2n) is 10.0. The summed E-state index contributed by atoms with van der Waals surface area (Å²) >= 11 is 7.84. The van der Waals surface area contributed by atoms with Crippen molar-refractivity contribution in [2.75, 3.05) is 25.4 Å². The van der Waals surface area contributed by atoms with Gasteiger partial charge < -0.3 is 15.2 Å². The van der Waals surface area contributed by atoms with Crippen LogP contribution < -0.4 is 5.73 Å². The Kier molecular flexibility index (Phi) is 6.48. The Morgan fingerprint density at radius 1 is 1.03 bits per heavy atom. The highest BCUT2D eigenvalue weighted by Gasteiger charge is 2.35. The SMILES string of the molecule is Nc1nc(Cl)nc2c1c(-c1nccs1)cn2C1CCC(C2CCN(CCc3ccccc3)CC2)C1. The first-order valence-electron chi connectivity index (χ1n) is 12.7. The number of nitrogens with two attached hydrogens (primary N) is 1. The molecule has 35 heavy (non-hydrogen) atoms. The van der Waals surface area contributed by atoms with E-state index in [1.807, 2.05) is 11.6 Å². The fourth-order valence-corrected chi connectivity index (χ4v) is 7.02. The minimum Gasteiger partial charge on any atom is -0.383 e. The molecule has 1 aliphatic heterocycles. The fraction of sp³-hybridized carbons (Fsp3) is 0.444. The number of anilines is 1. The van der Waals surface area contributed by atoms with E-state index in [4.69, 9.17) is 17.3 Å². The molecule has 2 unspecified atom stereocenters. The third-order valence-electron chi connectivity index (χ3n) is 8.03. The van der Waals surface area contributed by atoms with Crippen molar-refractivity contribution < 1.29 is 0 Å². The van der Waals surface area contributed by atoms with Gasteiger partial charge in [-0.15, -0.1) is 11.3 Å². The van der Waals surface area contributed by atoms with Gasteiger partial charge in [0.05, 0.1) is 5.39 Å². The van der Waals surface area contributed by atoms with Crippen molar-refractivity contribution in [1.82, 2.24) is 24.4 Å². The summed E-state index contributed by atoms with van der Waals surface area (Å²) < 4.78 is 2.31. The molecule has 0 bridgehead atoms. The highest BCUT2D eigenvalue weighted by Crippen LogP contribution is 2.45. The minimum absolute atomic E-state index is 0.206. The standard InChI is InChI=1S/C27H31ClN6S/c28-27-31-24(29)23-22(26-30-11-15-35-26)17-34(25(23)32-27)21-7-6-20(16-21)19-9-13-33(14-10-19)12-8-18-4-2-1-3-5-18/h1-5,11,15,17,19-21H,6-10,12-14,16H2,(H2,29,31,32). The van der Waals surface area contributed by atoms with Crippen LogP contribution in [0.1, 0.15) is 43.7 Å². The Morgan fingerprint density at radius 3 is 2.63 bits per heavy atom. The van der Waals surface area contributed by atoms with Crippen LogP contribution in [-0.2, 0) is 6.42 Å². The summed E-state index contributed by atoms with van der Waals surface area (Å²) in [5.41, 5.74) is 9.61. The molecule has 2 atom stereocenters. The number of aromatic nitrogens is 4. The van der Waals surface area contributed by atoms with E-state index in [-0.39, 0.29) is 5.28 Å². The van der Waals surface area contributed by atoms with Crippen molar-refractivity contribution in [2.24, 2.45) is 11.8 Å². The van der Waals surface area contributed by atoms with Gasteiger partial charge in [0, 0.05) is 35.9 Å². The number of thiazole rings is 1. The number of fused-ring (bicyclic) bond motifs is 1. The molecular weight excluding hydrogens is 476 g/mol. The van der Waals surface area contributed by atoms with Crippen LogP contribution in [0.5, 0.6) is 0 Å². The van der Waals surface area contributed by atoms with Gasteiger partial charge in [0.1, 0.15) is 16.5 Å². The zero-order valence-corrected chi connectivity index (χ0v) is 21.4. The number of likely N-dealkylation sites (tertiary alicyclic amines) is 1. The van der Waals surface area contributed by atoms with Gasteiger partial charge in [-0.2, -0.15) is 4.98 Å². The van der Waals surface area contributed by atoms with Crippen LogP contribution in [0.4, 0.5) is 5.82 Å². The van der Waals surface area contributed by atoms with Crippen molar-refractivity contribution in [3.63, 3.8) is 0 Å². The largest absolute Gasteiger partial charge is 0.383 e. The maximum Gasteiger partial charge on any atom is 0.226 e. The Morgan fingerprint density at radius 2 is 1.86 bits per heavy atom. The number of piperidine rings is 1. The first-order valence-corrected chi connectivity index (χ1v) is 13.9. The molecule has 6 nitrogen and oxygen atoms in total. The lowest BCUT2D eigenvalue weighted by Crippen LogP contribution is -2.37. The van der Waals surface area contributed by atoms with Crippen molar-refractivity contribution in [1.29, 1.82) is 0 Å². The zero-order chi connectivity index (χ0) is 23.8. The average Bonchev–Trinajstić information content (AvgIpc) is 3.63. The summed E-state index contributed by atoms with van der Waals surface area (Å²) in [5.74, 6) is 2.02. The van der Waals surface area contributed by atoms with Crippen LogP contribution in [0.25, 0.3) is 21.6 Å². The van der Waals surface area contributed by atoms with Gasteiger partial charge in [-0.3, -0.25) is 0 Å². The molecule has 0 amide bonds. The molecule has 2 aliphatic rings. The first-order chi connectivity index (χ1) is 17.2. The van der Waals surface area contributed by atoms with Crippen molar-refractivity contribution >= 4 is 39.8 Å². The molecule has 8 heteroatoms. The Hall–Kier alpha value is -2.48. The topological polar surface area (TPSA) is 72.9 Å². The molecule has 182 valence electrons. The van der Waals surface area contributed by atoms with E-state index in [0.717, 1.165) is 39.9 Å². The molecule has 2 N–H and O–H groups in total. The summed E-state index contributed by atoms with van der Waals surface area (Å²) in [7, 11) is 0. The van der Waals surface area contributed by atoms with E-state index < -0.39 is 0 Å². The molecule has 3 aromatic heterocycles. The molecule has 4 heterocycles. The van der Waals surface area contributed by atoms with Crippen LogP contribution >= 0.6 is 22.9 Å².